The maximum Gasteiger partial charge on any atom is 0.115 e. The molecule has 2 N–H and O–H groups in total. The van der Waals surface area contributed by atoms with Crippen LogP contribution in [0.2, 0.25) is 0 Å². The van der Waals surface area contributed by atoms with E-state index in [-0.39, 0.29) is 0 Å². The number of nitrogens with one attached hydrogen (secondary N) is 1. The van der Waals surface area contributed by atoms with Gasteiger partial charge in [0.05, 0.1) is 0 Å². The average molecular weight is 275 g/mol. The third-order valence-electron chi connectivity index (χ3n) is 3.43. The largest absolute Gasteiger partial charge is 0.508 e. The van der Waals surface area contributed by atoms with Gasteiger partial charge in [-0.15, -0.1) is 11.3 Å². The second-order valence-electron chi connectivity index (χ2n) is 4.66. The Balaban J connectivity index is 2.01. The van der Waals surface area contributed by atoms with E-state index < -0.39 is 0 Å². The van der Waals surface area contributed by atoms with Crippen molar-refractivity contribution in [3.63, 3.8) is 0 Å². The van der Waals surface area contributed by atoms with E-state index in [9.17, 15) is 5.11 Å². The summed E-state index contributed by atoms with van der Waals surface area (Å²) in [5, 5.41) is 15.1. The molecule has 0 saturated carbocycles. The Morgan fingerprint density at radius 3 is 2.53 bits per heavy atom. The SMILES string of the molecule is CCc1ccsc1CNC(CC)c1ccc(O)cc1. The van der Waals surface area contributed by atoms with Gasteiger partial charge in [-0.25, -0.2) is 0 Å². The minimum absolute atomic E-state index is 0.324. The molecule has 102 valence electrons. The van der Waals surface area contributed by atoms with E-state index >= 15 is 0 Å². The molecule has 2 rings (SSSR count). The Bertz CT molecular complexity index is 504. The highest BCUT2D eigenvalue weighted by molar-refractivity contribution is 7.10. The van der Waals surface area contributed by atoms with Crippen LogP contribution in [0.1, 0.15) is 42.3 Å². The van der Waals surface area contributed by atoms with Crippen LogP contribution in [0.3, 0.4) is 0 Å². The quantitative estimate of drug-likeness (QED) is 0.825. The van der Waals surface area contributed by atoms with Gasteiger partial charge in [-0.1, -0.05) is 26.0 Å². The lowest BCUT2D eigenvalue weighted by Gasteiger charge is -2.17. The first-order valence-electron chi connectivity index (χ1n) is 6.82. The minimum Gasteiger partial charge on any atom is -0.508 e. The van der Waals surface area contributed by atoms with Crippen LogP contribution in [-0.4, -0.2) is 5.11 Å². The Morgan fingerprint density at radius 2 is 1.89 bits per heavy atom. The van der Waals surface area contributed by atoms with E-state index in [0.717, 1.165) is 19.4 Å². The second kappa shape index (κ2) is 6.73. The van der Waals surface area contributed by atoms with Crippen LogP contribution < -0.4 is 5.32 Å². The van der Waals surface area contributed by atoms with Gasteiger partial charge in [0.1, 0.15) is 5.75 Å². The molecule has 3 heteroatoms. The van der Waals surface area contributed by atoms with Crippen molar-refractivity contribution >= 4 is 11.3 Å². The highest BCUT2D eigenvalue weighted by Gasteiger charge is 2.10. The van der Waals surface area contributed by atoms with Crippen molar-refractivity contribution in [2.75, 3.05) is 0 Å². The van der Waals surface area contributed by atoms with Gasteiger partial charge < -0.3 is 10.4 Å². The van der Waals surface area contributed by atoms with E-state index in [0.29, 0.717) is 11.8 Å². The van der Waals surface area contributed by atoms with Crippen molar-refractivity contribution in [2.24, 2.45) is 0 Å². The maximum atomic E-state index is 9.34. The number of benzene rings is 1. The number of hydrogen-bond donors (Lipinski definition) is 2. The van der Waals surface area contributed by atoms with Crippen LogP contribution in [-0.2, 0) is 13.0 Å². The molecule has 0 aliphatic rings. The summed E-state index contributed by atoms with van der Waals surface area (Å²) in [7, 11) is 0. The molecule has 0 aliphatic carbocycles. The lowest BCUT2D eigenvalue weighted by Crippen LogP contribution is -2.20. The van der Waals surface area contributed by atoms with E-state index in [1.54, 1.807) is 12.1 Å². The molecule has 1 unspecified atom stereocenters. The van der Waals surface area contributed by atoms with Crippen LogP contribution in [0.15, 0.2) is 35.7 Å². The van der Waals surface area contributed by atoms with E-state index in [2.05, 4.69) is 30.6 Å². The summed E-state index contributed by atoms with van der Waals surface area (Å²) in [5.74, 6) is 0.324. The zero-order valence-electron chi connectivity index (χ0n) is 11.5. The second-order valence-corrected chi connectivity index (χ2v) is 5.66. The molecule has 2 aromatic rings. The maximum absolute atomic E-state index is 9.34. The van der Waals surface area contributed by atoms with E-state index in [1.165, 1.54) is 16.0 Å². The first kappa shape index (κ1) is 14.1. The predicted molar refractivity (Wildman–Crippen MR) is 81.7 cm³/mol. The van der Waals surface area contributed by atoms with Crippen LogP contribution in [0.5, 0.6) is 5.75 Å². The van der Waals surface area contributed by atoms with E-state index in [1.807, 2.05) is 23.5 Å². The van der Waals surface area contributed by atoms with Crippen molar-refractivity contribution in [3.05, 3.63) is 51.7 Å². The Hall–Kier alpha value is -1.32. The first-order valence-corrected chi connectivity index (χ1v) is 7.70. The van der Waals surface area contributed by atoms with Crippen LogP contribution in [0.4, 0.5) is 0 Å². The molecule has 19 heavy (non-hydrogen) atoms. The summed E-state index contributed by atoms with van der Waals surface area (Å²) in [5.41, 5.74) is 2.67. The summed E-state index contributed by atoms with van der Waals surface area (Å²) in [4.78, 5) is 1.43. The average Bonchev–Trinajstić information content (AvgIpc) is 2.89. The van der Waals surface area contributed by atoms with Gasteiger partial charge in [-0.2, -0.15) is 0 Å². The lowest BCUT2D eigenvalue weighted by molar-refractivity contribution is 0.473. The van der Waals surface area contributed by atoms with E-state index in [4.69, 9.17) is 0 Å². The number of phenols is 1. The first-order chi connectivity index (χ1) is 9.24. The zero-order chi connectivity index (χ0) is 13.7. The molecule has 0 bridgehead atoms. The van der Waals surface area contributed by atoms with Gasteiger partial charge in [-0.3, -0.25) is 0 Å². The van der Waals surface area contributed by atoms with Gasteiger partial charge >= 0.3 is 0 Å². The molecule has 2 nitrogen and oxygen atoms in total. The van der Waals surface area contributed by atoms with Crippen LogP contribution in [0, 0.1) is 0 Å². The standard InChI is InChI=1S/C16H21NOS/c1-3-12-9-10-19-16(12)11-17-15(4-2)13-5-7-14(18)8-6-13/h5-10,15,17-18H,3-4,11H2,1-2H3. The van der Waals surface area contributed by atoms with Crippen molar-refractivity contribution in [3.8, 4) is 5.75 Å². The van der Waals surface area contributed by atoms with Gasteiger partial charge in [0.25, 0.3) is 0 Å². The van der Waals surface area contributed by atoms with Gasteiger partial charge in [-0.05, 0) is 47.5 Å². The summed E-state index contributed by atoms with van der Waals surface area (Å²) in [6.07, 6.45) is 2.13. The number of phenolic OH excluding ortho intramolecular Hbond substituents is 1. The number of aryl methyl sites for hydroxylation is 1. The fourth-order valence-electron chi connectivity index (χ4n) is 2.26. The Morgan fingerprint density at radius 1 is 1.16 bits per heavy atom. The molecule has 1 aromatic heterocycles. The fourth-order valence-corrected chi connectivity index (χ4v) is 3.18. The molecule has 1 aromatic carbocycles. The molecule has 0 radical (unpaired) electrons. The zero-order valence-corrected chi connectivity index (χ0v) is 12.3. The minimum atomic E-state index is 0.324. The summed E-state index contributed by atoms with van der Waals surface area (Å²) in [6, 6.07) is 10.0. The summed E-state index contributed by atoms with van der Waals surface area (Å²) in [6.45, 7) is 5.29. The number of aromatic hydroxyl groups is 1. The van der Waals surface area contributed by atoms with Gasteiger partial charge in [0.2, 0.25) is 0 Å². The molecular weight excluding hydrogens is 254 g/mol. The molecule has 0 fully saturated rings. The summed E-state index contributed by atoms with van der Waals surface area (Å²) >= 11 is 1.82. The topological polar surface area (TPSA) is 32.3 Å². The normalized spacial score (nSPS) is 12.5. The van der Waals surface area contributed by atoms with Crippen molar-refractivity contribution in [1.29, 1.82) is 0 Å². The van der Waals surface area contributed by atoms with Crippen LogP contribution in [0.25, 0.3) is 0 Å². The smallest absolute Gasteiger partial charge is 0.115 e. The lowest BCUT2D eigenvalue weighted by atomic mass is 10.0. The molecule has 1 heterocycles. The monoisotopic (exact) mass is 275 g/mol. The predicted octanol–water partition coefficient (Wildman–Crippen LogP) is 4.26. The Labute approximate surface area is 119 Å². The fraction of sp³-hybridized carbons (Fsp3) is 0.375. The van der Waals surface area contributed by atoms with Gasteiger partial charge in [0.15, 0.2) is 0 Å². The molecule has 0 saturated heterocycles. The number of hydrogen-bond acceptors (Lipinski definition) is 3. The molecule has 0 amide bonds. The highest BCUT2D eigenvalue weighted by Crippen LogP contribution is 2.22. The highest BCUT2D eigenvalue weighted by atomic mass is 32.1. The molecule has 0 spiro atoms. The number of thiophene rings is 1. The van der Waals surface area contributed by atoms with Crippen molar-refractivity contribution < 1.29 is 5.11 Å². The van der Waals surface area contributed by atoms with Gasteiger partial charge in [0, 0.05) is 17.5 Å². The molecular formula is C16H21NOS. The Kier molecular flexibility index (Phi) is 5.00. The third kappa shape index (κ3) is 3.58. The molecule has 0 aliphatic heterocycles. The molecule has 1 atom stereocenters. The number of rotatable bonds is 6. The van der Waals surface area contributed by atoms with Crippen LogP contribution >= 0.6 is 11.3 Å². The van der Waals surface area contributed by atoms with Crippen molar-refractivity contribution in [2.45, 2.75) is 39.3 Å². The third-order valence-corrected chi connectivity index (χ3v) is 4.39. The summed E-state index contributed by atoms with van der Waals surface area (Å²) < 4.78 is 0. The van der Waals surface area contributed by atoms with Crippen molar-refractivity contribution in [1.82, 2.24) is 5.32 Å².